The maximum absolute atomic E-state index is 12.1. The Morgan fingerprint density at radius 1 is 1.45 bits per heavy atom. The number of carbonyl (C=O) groups is 1. The fraction of sp³-hybridized carbons (Fsp3) is 0.133. The second kappa shape index (κ2) is 6.29. The van der Waals surface area contributed by atoms with Gasteiger partial charge in [-0.05, 0) is 30.3 Å². The topological polar surface area (TPSA) is 60.0 Å². The number of benzene rings is 1. The van der Waals surface area contributed by atoms with Crippen LogP contribution >= 0.6 is 11.6 Å². The van der Waals surface area contributed by atoms with Crippen LogP contribution in [0, 0.1) is 11.8 Å². The summed E-state index contributed by atoms with van der Waals surface area (Å²) in [6.07, 6.45) is 1.81. The summed E-state index contributed by atoms with van der Waals surface area (Å²) in [5.74, 6) is 5.44. The number of nitrogens with zero attached hydrogens (tertiary/aromatic N) is 1. The van der Waals surface area contributed by atoms with Gasteiger partial charge in [0, 0.05) is 18.8 Å². The van der Waals surface area contributed by atoms with Crippen molar-refractivity contribution in [1.29, 1.82) is 0 Å². The number of hydrogen-bond acceptors (Lipinski definition) is 2. The van der Waals surface area contributed by atoms with Gasteiger partial charge in [-0.1, -0.05) is 23.4 Å². The number of aromatic nitrogens is 1. The van der Waals surface area contributed by atoms with Gasteiger partial charge >= 0.3 is 0 Å². The number of aryl methyl sites for hydroxylation is 1. The molecule has 1 heterocycles. The summed E-state index contributed by atoms with van der Waals surface area (Å²) >= 11 is 6.08. The zero-order chi connectivity index (χ0) is 14.5. The summed E-state index contributed by atoms with van der Waals surface area (Å²) in [7, 11) is 1.81. The van der Waals surface area contributed by atoms with E-state index in [0.717, 1.165) is 5.56 Å². The summed E-state index contributed by atoms with van der Waals surface area (Å²) in [5.41, 5.74) is 7.17. The molecule has 20 heavy (non-hydrogen) atoms. The molecule has 1 aromatic heterocycles. The largest absolute Gasteiger partial charge is 0.347 e. The van der Waals surface area contributed by atoms with E-state index < -0.39 is 0 Å². The maximum atomic E-state index is 12.1. The Kier molecular flexibility index (Phi) is 4.46. The van der Waals surface area contributed by atoms with Crippen molar-refractivity contribution in [2.24, 2.45) is 12.8 Å². The van der Waals surface area contributed by atoms with Crippen LogP contribution in [0.4, 0.5) is 5.69 Å². The van der Waals surface area contributed by atoms with Gasteiger partial charge in [0.25, 0.3) is 5.91 Å². The van der Waals surface area contributed by atoms with Crippen LogP contribution in [0.1, 0.15) is 16.1 Å². The molecule has 3 N–H and O–H groups in total. The second-order valence-electron chi connectivity index (χ2n) is 4.16. The average Bonchev–Trinajstić information content (AvgIpc) is 2.86. The lowest BCUT2D eigenvalue weighted by molar-refractivity contribution is 0.101. The molecule has 0 aliphatic carbocycles. The Balaban J connectivity index is 2.25. The monoisotopic (exact) mass is 287 g/mol. The van der Waals surface area contributed by atoms with Gasteiger partial charge in [0.15, 0.2) is 0 Å². The van der Waals surface area contributed by atoms with Crippen LogP contribution < -0.4 is 11.1 Å². The van der Waals surface area contributed by atoms with Gasteiger partial charge in [-0.25, -0.2) is 0 Å². The van der Waals surface area contributed by atoms with Crippen LogP contribution in [-0.4, -0.2) is 17.0 Å². The highest BCUT2D eigenvalue weighted by atomic mass is 35.5. The molecule has 0 atom stereocenters. The van der Waals surface area contributed by atoms with Crippen LogP contribution in [-0.2, 0) is 7.05 Å². The minimum absolute atomic E-state index is 0.219. The third-order valence-electron chi connectivity index (χ3n) is 2.73. The minimum Gasteiger partial charge on any atom is -0.347 e. The minimum atomic E-state index is -0.219. The van der Waals surface area contributed by atoms with Gasteiger partial charge in [0.05, 0.1) is 17.3 Å². The first-order valence-corrected chi connectivity index (χ1v) is 6.41. The molecular weight excluding hydrogens is 274 g/mol. The van der Waals surface area contributed by atoms with Gasteiger partial charge in [-0.15, -0.1) is 0 Å². The molecule has 1 amide bonds. The summed E-state index contributed by atoms with van der Waals surface area (Å²) in [5, 5.41) is 3.24. The summed E-state index contributed by atoms with van der Waals surface area (Å²) in [6.45, 7) is 0.285. The molecule has 0 bridgehead atoms. The first-order chi connectivity index (χ1) is 9.61. The Labute approximate surface area is 122 Å². The van der Waals surface area contributed by atoms with E-state index in [4.69, 9.17) is 17.3 Å². The zero-order valence-electron chi connectivity index (χ0n) is 11.0. The molecule has 0 radical (unpaired) electrons. The Hall–Kier alpha value is -2.22. The van der Waals surface area contributed by atoms with Crippen LogP contribution in [0.15, 0.2) is 36.5 Å². The molecule has 0 saturated carbocycles. The van der Waals surface area contributed by atoms with E-state index in [1.807, 2.05) is 0 Å². The predicted octanol–water partition coefficient (Wildman–Crippen LogP) is 2.24. The maximum Gasteiger partial charge on any atom is 0.272 e. The smallest absolute Gasteiger partial charge is 0.272 e. The standard InChI is InChI=1S/C15H14ClN3O/c1-19-9-3-5-14(19)15(20)18-13-10-11(4-2-8-17)6-7-12(13)16/h3,5-7,9-10H,8,17H2,1H3,(H,18,20). The summed E-state index contributed by atoms with van der Waals surface area (Å²) in [6, 6.07) is 8.75. The molecule has 0 saturated heterocycles. The molecule has 5 heteroatoms. The van der Waals surface area contributed by atoms with Gasteiger partial charge < -0.3 is 15.6 Å². The Morgan fingerprint density at radius 3 is 2.90 bits per heavy atom. The molecule has 0 fully saturated rings. The summed E-state index contributed by atoms with van der Waals surface area (Å²) < 4.78 is 1.74. The van der Waals surface area contributed by atoms with Gasteiger partial charge in [0.1, 0.15) is 5.69 Å². The number of hydrogen-bond donors (Lipinski definition) is 2. The van der Waals surface area contributed by atoms with Crippen molar-refractivity contribution in [3.63, 3.8) is 0 Å². The van der Waals surface area contributed by atoms with Gasteiger partial charge in [-0.2, -0.15) is 0 Å². The lowest BCUT2D eigenvalue weighted by atomic mass is 10.2. The highest BCUT2D eigenvalue weighted by molar-refractivity contribution is 6.34. The van der Waals surface area contributed by atoms with Crippen molar-refractivity contribution in [3.8, 4) is 11.8 Å². The lowest BCUT2D eigenvalue weighted by Gasteiger charge is -2.08. The molecule has 0 spiro atoms. The second-order valence-corrected chi connectivity index (χ2v) is 4.57. The van der Waals surface area contributed by atoms with E-state index in [9.17, 15) is 4.79 Å². The number of rotatable bonds is 2. The quantitative estimate of drug-likeness (QED) is 0.832. The molecular formula is C15H14ClN3O. The van der Waals surface area contributed by atoms with E-state index in [2.05, 4.69) is 17.2 Å². The van der Waals surface area contributed by atoms with Crippen molar-refractivity contribution >= 4 is 23.2 Å². The molecule has 1 aromatic carbocycles. The van der Waals surface area contributed by atoms with E-state index >= 15 is 0 Å². The van der Waals surface area contributed by atoms with E-state index in [-0.39, 0.29) is 12.5 Å². The fourth-order valence-electron chi connectivity index (χ4n) is 1.74. The van der Waals surface area contributed by atoms with Crippen molar-refractivity contribution in [2.45, 2.75) is 0 Å². The molecule has 102 valence electrons. The van der Waals surface area contributed by atoms with E-state index in [1.54, 1.807) is 48.1 Å². The molecule has 0 aliphatic rings. The van der Waals surface area contributed by atoms with Gasteiger partial charge in [-0.3, -0.25) is 4.79 Å². The average molecular weight is 288 g/mol. The molecule has 4 nitrogen and oxygen atoms in total. The van der Waals surface area contributed by atoms with Crippen LogP contribution in [0.25, 0.3) is 0 Å². The van der Waals surface area contributed by atoms with E-state index in [1.165, 1.54) is 0 Å². The number of nitrogens with one attached hydrogen (secondary N) is 1. The highest BCUT2D eigenvalue weighted by Crippen LogP contribution is 2.23. The Morgan fingerprint density at radius 2 is 2.25 bits per heavy atom. The molecule has 2 aromatic rings. The third-order valence-corrected chi connectivity index (χ3v) is 3.06. The van der Waals surface area contributed by atoms with Crippen molar-refractivity contribution in [3.05, 3.63) is 52.8 Å². The normalized spacial score (nSPS) is 9.75. The van der Waals surface area contributed by atoms with Crippen molar-refractivity contribution in [1.82, 2.24) is 4.57 Å². The highest BCUT2D eigenvalue weighted by Gasteiger charge is 2.11. The first kappa shape index (κ1) is 14.2. The van der Waals surface area contributed by atoms with Crippen LogP contribution in [0.2, 0.25) is 5.02 Å². The molecule has 2 rings (SSSR count). The van der Waals surface area contributed by atoms with Gasteiger partial charge in [0.2, 0.25) is 0 Å². The number of carbonyl (C=O) groups excluding carboxylic acids is 1. The zero-order valence-corrected chi connectivity index (χ0v) is 11.7. The Bertz CT molecular complexity index is 695. The van der Waals surface area contributed by atoms with E-state index in [0.29, 0.717) is 16.4 Å². The van der Waals surface area contributed by atoms with Crippen molar-refractivity contribution < 1.29 is 4.79 Å². The van der Waals surface area contributed by atoms with Crippen molar-refractivity contribution in [2.75, 3.05) is 11.9 Å². The first-order valence-electron chi connectivity index (χ1n) is 6.03. The van der Waals surface area contributed by atoms with Crippen LogP contribution in [0.3, 0.4) is 0 Å². The molecule has 0 aliphatic heterocycles. The SMILES string of the molecule is Cn1cccc1C(=O)Nc1cc(C#CCN)ccc1Cl. The fourth-order valence-corrected chi connectivity index (χ4v) is 1.90. The predicted molar refractivity (Wildman–Crippen MR) is 80.8 cm³/mol. The number of nitrogens with two attached hydrogens (primary N) is 1. The number of amides is 1. The molecule has 0 unspecified atom stereocenters. The third kappa shape index (κ3) is 3.21. The summed E-state index contributed by atoms with van der Waals surface area (Å²) in [4.78, 5) is 12.1. The number of halogens is 1. The number of anilines is 1. The van der Waals surface area contributed by atoms with Crippen LogP contribution in [0.5, 0.6) is 0 Å². The lowest BCUT2D eigenvalue weighted by Crippen LogP contribution is -2.15.